The van der Waals surface area contributed by atoms with E-state index >= 15 is 0 Å². The van der Waals surface area contributed by atoms with E-state index in [1.807, 2.05) is 27.7 Å². The van der Waals surface area contributed by atoms with Gasteiger partial charge in [-0.25, -0.2) is 8.42 Å². The maximum Gasteiger partial charge on any atom is 0.264 e. The van der Waals surface area contributed by atoms with Crippen LogP contribution in [0.2, 0.25) is 10.0 Å². The molecule has 1 atom stereocenters. The summed E-state index contributed by atoms with van der Waals surface area (Å²) in [6.07, 6.45) is 0.237. The van der Waals surface area contributed by atoms with Crippen LogP contribution in [0.1, 0.15) is 46.6 Å². The Morgan fingerprint density at radius 1 is 0.913 bits per heavy atom. The molecule has 46 heavy (non-hydrogen) atoms. The highest BCUT2D eigenvalue weighted by molar-refractivity contribution is 7.92. The number of benzene rings is 3. The summed E-state index contributed by atoms with van der Waals surface area (Å²) in [6, 6.07) is 14.5. The van der Waals surface area contributed by atoms with Gasteiger partial charge < -0.3 is 24.4 Å². The van der Waals surface area contributed by atoms with Crippen LogP contribution in [0.4, 0.5) is 5.69 Å². The van der Waals surface area contributed by atoms with Crippen LogP contribution in [-0.4, -0.2) is 64.1 Å². The Hall–Kier alpha value is -3.67. The highest BCUT2D eigenvalue weighted by atomic mass is 35.5. The summed E-state index contributed by atoms with van der Waals surface area (Å²) >= 11 is 13.0. The van der Waals surface area contributed by atoms with Crippen molar-refractivity contribution in [2.75, 3.05) is 31.7 Å². The first-order valence-electron chi connectivity index (χ1n) is 14.7. The standard InChI is InChI=1S/C33H41Cl2N3O7S/c1-8-28(32(40)36-33(3,4)5)37(20-25-26(34)11-10-12-27(25)35)31(39)21-38(22-13-15-23(16-14-22)45-9-2)46(41,42)24-17-18-29(43-6)30(19-24)44-7/h10-19,28H,8-9,20-21H2,1-7H3,(H,36,40)/t28-/m1/s1. The van der Waals surface area contributed by atoms with Gasteiger partial charge in [0.2, 0.25) is 11.8 Å². The van der Waals surface area contributed by atoms with Gasteiger partial charge in [-0.15, -0.1) is 0 Å². The average molecular weight is 695 g/mol. The lowest BCUT2D eigenvalue weighted by Gasteiger charge is -2.35. The fourth-order valence-corrected chi connectivity index (χ4v) is 6.68. The molecule has 0 unspecified atom stereocenters. The van der Waals surface area contributed by atoms with Crippen LogP contribution < -0.4 is 23.8 Å². The fraction of sp³-hybridized carbons (Fsp3) is 0.394. The van der Waals surface area contributed by atoms with Gasteiger partial charge in [-0.1, -0.05) is 36.2 Å². The molecule has 0 aliphatic heterocycles. The second-order valence-electron chi connectivity index (χ2n) is 11.3. The average Bonchev–Trinajstić information content (AvgIpc) is 3.00. The lowest BCUT2D eigenvalue weighted by molar-refractivity contribution is -0.141. The quantitative estimate of drug-likeness (QED) is 0.210. The van der Waals surface area contributed by atoms with Crippen LogP contribution in [0, 0.1) is 0 Å². The van der Waals surface area contributed by atoms with E-state index in [1.54, 1.807) is 49.4 Å². The second-order valence-corrected chi connectivity index (χ2v) is 14.0. The van der Waals surface area contributed by atoms with Crippen molar-refractivity contribution in [1.29, 1.82) is 0 Å². The van der Waals surface area contributed by atoms with Gasteiger partial charge in [0.1, 0.15) is 18.3 Å². The zero-order valence-electron chi connectivity index (χ0n) is 27.1. The molecule has 13 heteroatoms. The molecule has 3 aromatic carbocycles. The maximum absolute atomic E-state index is 14.4. The molecule has 250 valence electrons. The minimum absolute atomic E-state index is 0.134. The van der Waals surface area contributed by atoms with Gasteiger partial charge in [-0.2, -0.15) is 0 Å². The molecule has 3 aromatic rings. The normalized spacial score (nSPS) is 12.2. The van der Waals surface area contributed by atoms with Crippen LogP contribution in [-0.2, 0) is 26.2 Å². The second kappa shape index (κ2) is 15.8. The molecule has 0 heterocycles. The first kappa shape index (κ1) is 36.8. The summed E-state index contributed by atoms with van der Waals surface area (Å²) in [7, 11) is -1.54. The fourth-order valence-electron chi connectivity index (χ4n) is 4.73. The van der Waals surface area contributed by atoms with Gasteiger partial charge in [0.05, 0.1) is 31.4 Å². The lowest BCUT2D eigenvalue weighted by Crippen LogP contribution is -2.55. The van der Waals surface area contributed by atoms with Crippen LogP contribution in [0.5, 0.6) is 17.2 Å². The Morgan fingerprint density at radius 2 is 1.52 bits per heavy atom. The minimum Gasteiger partial charge on any atom is -0.494 e. The van der Waals surface area contributed by atoms with E-state index in [1.165, 1.54) is 37.3 Å². The SMILES string of the molecule is CCOc1ccc(N(CC(=O)N(Cc2c(Cl)cccc2Cl)[C@H](CC)C(=O)NC(C)(C)C)S(=O)(=O)c2ccc(OC)c(OC)c2)cc1. The molecule has 1 N–H and O–H groups in total. The molecule has 0 bridgehead atoms. The number of halogens is 2. The van der Waals surface area contributed by atoms with E-state index in [0.29, 0.717) is 33.7 Å². The number of anilines is 1. The molecule has 10 nitrogen and oxygen atoms in total. The van der Waals surface area contributed by atoms with Crippen molar-refractivity contribution in [3.63, 3.8) is 0 Å². The summed E-state index contributed by atoms with van der Waals surface area (Å²) in [5, 5.41) is 3.54. The molecule has 0 saturated carbocycles. The number of methoxy groups -OCH3 is 2. The van der Waals surface area contributed by atoms with Crippen molar-refractivity contribution in [2.45, 2.75) is 64.1 Å². The van der Waals surface area contributed by atoms with Crippen molar-refractivity contribution < 1.29 is 32.2 Å². The van der Waals surface area contributed by atoms with E-state index in [0.717, 1.165) is 4.31 Å². The molecule has 0 aliphatic carbocycles. The zero-order valence-corrected chi connectivity index (χ0v) is 29.4. The molecule has 0 aliphatic rings. The summed E-state index contributed by atoms with van der Waals surface area (Å²) in [4.78, 5) is 29.1. The molecular weight excluding hydrogens is 653 g/mol. The third kappa shape index (κ3) is 8.98. The van der Waals surface area contributed by atoms with Gasteiger partial charge in [0.25, 0.3) is 10.0 Å². The van der Waals surface area contributed by atoms with E-state index in [-0.39, 0.29) is 29.3 Å². The number of hydrogen-bond donors (Lipinski definition) is 1. The van der Waals surface area contributed by atoms with E-state index in [4.69, 9.17) is 37.4 Å². The van der Waals surface area contributed by atoms with Crippen LogP contribution in [0.15, 0.2) is 65.6 Å². The Balaban J connectivity index is 2.16. The monoisotopic (exact) mass is 693 g/mol. The number of amides is 2. The highest BCUT2D eigenvalue weighted by Crippen LogP contribution is 2.33. The predicted octanol–water partition coefficient (Wildman–Crippen LogP) is 6.33. The molecule has 3 rings (SSSR count). The first-order valence-corrected chi connectivity index (χ1v) is 16.9. The first-order chi connectivity index (χ1) is 21.7. The van der Waals surface area contributed by atoms with Gasteiger partial charge >= 0.3 is 0 Å². The van der Waals surface area contributed by atoms with E-state index in [2.05, 4.69) is 5.32 Å². The molecule has 0 spiro atoms. The van der Waals surface area contributed by atoms with Gasteiger partial charge in [0, 0.05) is 33.8 Å². The van der Waals surface area contributed by atoms with E-state index < -0.39 is 40.0 Å². The molecule has 0 radical (unpaired) electrons. The Kier molecular flexibility index (Phi) is 12.6. The number of ether oxygens (including phenoxy) is 3. The Morgan fingerprint density at radius 3 is 2.04 bits per heavy atom. The summed E-state index contributed by atoms with van der Waals surface area (Å²) in [5.74, 6) is 0.0117. The third-order valence-corrected chi connectivity index (χ3v) is 9.41. The van der Waals surface area contributed by atoms with Gasteiger partial charge in [-0.05, 0) is 82.6 Å². The number of nitrogens with zero attached hydrogens (tertiary/aromatic N) is 2. The molecule has 0 aromatic heterocycles. The topological polar surface area (TPSA) is 114 Å². The number of carbonyl (C=O) groups excluding carboxylic acids is 2. The van der Waals surface area contributed by atoms with Gasteiger partial charge in [-0.3, -0.25) is 13.9 Å². The number of sulfonamides is 1. The molecule has 2 amide bonds. The van der Waals surface area contributed by atoms with Crippen LogP contribution in [0.3, 0.4) is 0 Å². The third-order valence-electron chi connectivity index (χ3n) is 6.93. The highest BCUT2D eigenvalue weighted by Gasteiger charge is 2.35. The van der Waals surface area contributed by atoms with Gasteiger partial charge in [0.15, 0.2) is 11.5 Å². The number of hydrogen-bond acceptors (Lipinski definition) is 7. The van der Waals surface area contributed by atoms with Crippen LogP contribution >= 0.6 is 23.2 Å². The zero-order chi connectivity index (χ0) is 34.2. The minimum atomic E-state index is -4.38. The Labute approximate surface area is 281 Å². The molecular formula is C33H41Cl2N3O7S. The largest absolute Gasteiger partial charge is 0.494 e. The summed E-state index contributed by atoms with van der Waals surface area (Å²) in [6.45, 7) is 8.73. The van der Waals surface area contributed by atoms with Crippen molar-refractivity contribution in [1.82, 2.24) is 10.2 Å². The summed E-state index contributed by atoms with van der Waals surface area (Å²) in [5.41, 5.74) is 0.0397. The smallest absolute Gasteiger partial charge is 0.264 e. The van der Waals surface area contributed by atoms with Crippen molar-refractivity contribution in [3.05, 3.63) is 76.3 Å². The lowest BCUT2D eigenvalue weighted by atomic mass is 10.1. The number of nitrogens with one attached hydrogen (secondary N) is 1. The molecule has 0 fully saturated rings. The van der Waals surface area contributed by atoms with Crippen molar-refractivity contribution in [2.24, 2.45) is 0 Å². The number of carbonyl (C=O) groups is 2. The van der Waals surface area contributed by atoms with Crippen LogP contribution in [0.25, 0.3) is 0 Å². The molecule has 0 saturated heterocycles. The predicted molar refractivity (Wildman–Crippen MR) is 181 cm³/mol. The van der Waals surface area contributed by atoms with Crippen molar-refractivity contribution in [3.8, 4) is 17.2 Å². The van der Waals surface area contributed by atoms with E-state index in [9.17, 15) is 18.0 Å². The maximum atomic E-state index is 14.4. The van der Waals surface area contributed by atoms with Crippen molar-refractivity contribution >= 4 is 50.7 Å². The Bertz CT molecular complexity index is 1610. The summed E-state index contributed by atoms with van der Waals surface area (Å²) < 4.78 is 45.8. The number of rotatable bonds is 14.